The Balaban J connectivity index is 3.02. The summed E-state index contributed by atoms with van der Waals surface area (Å²) < 4.78 is 0. The summed E-state index contributed by atoms with van der Waals surface area (Å²) in [5, 5.41) is 18.0. The summed E-state index contributed by atoms with van der Waals surface area (Å²) in [6, 6.07) is 1.51. The van der Waals surface area contributed by atoms with Gasteiger partial charge in [0, 0.05) is 11.7 Å². The van der Waals surface area contributed by atoms with Crippen LogP contribution in [0.4, 0.5) is 0 Å². The van der Waals surface area contributed by atoms with Gasteiger partial charge in [-0.05, 0) is 12.5 Å². The van der Waals surface area contributed by atoms with Crippen molar-refractivity contribution in [3.05, 3.63) is 23.0 Å². The average molecular weight is 185 g/mol. The molecular weight excluding hydrogens is 176 g/mol. The first-order valence-corrected chi connectivity index (χ1v) is 4.03. The van der Waals surface area contributed by atoms with Crippen molar-refractivity contribution in [1.29, 1.82) is 0 Å². The van der Waals surface area contributed by atoms with Crippen LogP contribution in [0.15, 0.2) is 12.3 Å². The molecule has 2 N–H and O–H groups in total. The molecule has 0 aliphatic carbocycles. The van der Waals surface area contributed by atoms with Crippen LogP contribution < -0.4 is 5.46 Å². The van der Waals surface area contributed by atoms with Gasteiger partial charge in [-0.2, -0.15) is 0 Å². The zero-order valence-corrected chi connectivity index (χ0v) is 7.41. The molecule has 1 heterocycles. The van der Waals surface area contributed by atoms with E-state index in [0.29, 0.717) is 10.5 Å². The van der Waals surface area contributed by atoms with E-state index in [2.05, 4.69) is 4.98 Å². The van der Waals surface area contributed by atoms with E-state index >= 15 is 0 Å². The minimum atomic E-state index is -1.50. The van der Waals surface area contributed by atoms with Crippen molar-refractivity contribution in [3.63, 3.8) is 0 Å². The van der Waals surface area contributed by atoms with Gasteiger partial charge in [0.05, 0.1) is 10.7 Å². The van der Waals surface area contributed by atoms with Gasteiger partial charge in [0.1, 0.15) is 0 Å². The zero-order valence-electron chi connectivity index (χ0n) is 6.66. The molecule has 0 amide bonds. The highest BCUT2D eigenvalue weighted by molar-refractivity contribution is 6.58. The van der Waals surface area contributed by atoms with E-state index in [9.17, 15) is 0 Å². The first-order valence-electron chi connectivity index (χ1n) is 3.65. The molecule has 64 valence electrons. The van der Waals surface area contributed by atoms with Crippen LogP contribution in [0.5, 0.6) is 0 Å². The van der Waals surface area contributed by atoms with Crippen LogP contribution in [0.25, 0.3) is 0 Å². The lowest BCUT2D eigenvalue weighted by Gasteiger charge is -2.02. The minimum Gasteiger partial charge on any atom is -0.423 e. The lowest BCUT2D eigenvalue weighted by Crippen LogP contribution is -2.30. The van der Waals surface area contributed by atoms with Crippen molar-refractivity contribution in [2.75, 3.05) is 0 Å². The van der Waals surface area contributed by atoms with E-state index in [1.807, 2.05) is 6.92 Å². The third-order valence-electron chi connectivity index (χ3n) is 1.57. The second-order valence-electron chi connectivity index (χ2n) is 2.42. The van der Waals surface area contributed by atoms with Gasteiger partial charge in [0.15, 0.2) is 0 Å². The molecule has 0 saturated heterocycles. The maximum atomic E-state index is 8.77. The highest BCUT2D eigenvalue weighted by Gasteiger charge is 2.12. The lowest BCUT2D eigenvalue weighted by atomic mass is 9.81. The lowest BCUT2D eigenvalue weighted by molar-refractivity contribution is 0.425. The Morgan fingerprint density at radius 2 is 2.25 bits per heavy atom. The summed E-state index contributed by atoms with van der Waals surface area (Å²) in [6.45, 7) is 1.93. The van der Waals surface area contributed by atoms with Crippen LogP contribution in [-0.4, -0.2) is 22.2 Å². The fourth-order valence-electron chi connectivity index (χ4n) is 0.882. The maximum Gasteiger partial charge on any atom is 0.490 e. The van der Waals surface area contributed by atoms with Crippen molar-refractivity contribution in [2.45, 2.75) is 13.3 Å². The van der Waals surface area contributed by atoms with Crippen LogP contribution in [0.1, 0.15) is 12.6 Å². The average Bonchev–Trinajstić information content (AvgIpc) is 2.04. The molecule has 0 spiro atoms. The largest absolute Gasteiger partial charge is 0.490 e. The van der Waals surface area contributed by atoms with E-state index in [-0.39, 0.29) is 0 Å². The number of hydrogen-bond acceptors (Lipinski definition) is 3. The third kappa shape index (κ3) is 1.97. The fourth-order valence-corrected chi connectivity index (χ4v) is 1.19. The van der Waals surface area contributed by atoms with Gasteiger partial charge in [-0.1, -0.05) is 18.5 Å². The molecule has 0 radical (unpaired) electrons. The summed E-state index contributed by atoms with van der Waals surface area (Å²) in [5.41, 5.74) is 1.08. The van der Waals surface area contributed by atoms with E-state index in [1.54, 1.807) is 0 Å². The number of rotatable bonds is 2. The molecule has 0 saturated carbocycles. The number of halogens is 1. The molecule has 0 atom stereocenters. The van der Waals surface area contributed by atoms with Gasteiger partial charge in [0.2, 0.25) is 0 Å². The van der Waals surface area contributed by atoms with E-state index in [1.165, 1.54) is 12.3 Å². The monoisotopic (exact) mass is 185 g/mol. The fraction of sp³-hybridized carbons (Fsp3) is 0.286. The predicted octanol–water partition coefficient (Wildman–Crippen LogP) is -0.0228. The molecule has 12 heavy (non-hydrogen) atoms. The second kappa shape index (κ2) is 3.89. The number of aromatic nitrogens is 1. The predicted molar refractivity (Wildman–Crippen MR) is 48.5 cm³/mol. The van der Waals surface area contributed by atoms with Gasteiger partial charge < -0.3 is 10.0 Å². The molecule has 1 rings (SSSR count). The van der Waals surface area contributed by atoms with Gasteiger partial charge in [0.25, 0.3) is 0 Å². The Labute approximate surface area is 76.2 Å². The van der Waals surface area contributed by atoms with Gasteiger partial charge in [-0.25, -0.2) is 0 Å². The molecule has 0 unspecified atom stereocenters. The Bertz CT molecular complexity index is 280. The van der Waals surface area contributed by atoms with Crippen molar-refractivity contribution in [3.8, 4) is 0 Å². The molecule has 0 aromatic carbocycles. The summed E-state index contributed by atoms with van der Waals surface area (Å²) in [6.07, 6.45) is 2.15. The van der Waals surface area contributed by atoms with E-state index in [0.717, 1.165) is 12.1 Å². The van der Waals surface area contributed by atoms with E-state index < -0.39 is 7.12 Å². The summed E-state index contributed by atoms with van der Waals surface area (Å²) in [5.74, 6) is 0. The van der Waals surface area contributed by atoms with Crippen LogP contribution in [0.2, 0.25) is 5.02 Å². The van der Waals surface area contributed by atoms with Crippen LogP contribution in [0, 0.1) is 0 Å². The van der Waals surface area contributed by atoms with E-state index in [4.69, 9.17) is 21.6 Å². The molecule has 0 aliphatic heterocycles. The first kappa shape index (κ1) is 9.51. The molecule has 0 bridgehead atoms. The van der Waals surface area contributed by atoms with Gasteiger partial charge >= 0.3 is 7.12 Å². The van der Waals surface area contributed by atoms with Crippen molar-refractivity contribution < 1.29 is 10.0 Å². The second-order valence-corrected chi connectivity index (χ2v) is 2.83. The molecule has 0 fully saturated rings. The molecular formula is C7H9BClNO2. The summed E-state index contributed by atoms with van der Waals surface area (Å²) in [7, 11) is -1.50. The van der Waals surface area contributed by atoms with Crippen LogP contribution in [0.3, 0.4) is 0 Å². The summed E-state index contributed by atoms with van der Waals surface area (Å²) in [4.78, 5) is 3.97. The molecule has 0 aliphatic rings. The summed E-state index contributed by atoms with van der Waals surface area (Å²) >= 11 is 5.79. The number of nitrogens with zero attached hydrogens (tertiary/aromatic N) is 1. The number of aryl methyl sites for hydroxylation is 1. The topological polar surface area (TPSA) is 53.4 Å². The van der Waals surface area contributed by atoms with Crippen molar-refractivity contribution in [2.24, 2.45) is 0 Å². The van der Waals surface area contributed by atoms with Crippen LogP contribution >= 0.6 is 11.6 Å². The number of hydrogen-bond donors (Lipinski definition) is 2. The Kier molecular flexibility index (Phi) is 3.09. The normalized spacial score (nSPS) is 10.0. The highest BCUT2D eigenvalue weighted by atomic mass is 35.5. The molecule has 1 aromatic heterocycles. The Morgan fingerprint density at radius 3 is 2.67 bits per heavy atom. The molecule has 1 aromatic rings. The standard InChI is InChI=1S/C7H9BClNO2/c1-2-7-6(9)3-5(4-10-7)8(11)12/h3-4,11-12H,2H2,1H3. The van der Waals surface area contributed by atoms with Gasteiger partial charge in [-0.3, -0.25) is 4.98 Å². The smallest absolute Gasteiger partial charge is 0.423 e. The quantitative estimate of drug-likeness (QED) is 0.637. The van der Waals surface area contributed by atoms with Crippen molar-refractivity contribution >= 4 is 24.2 Å². The number of pyridine rings is 1. The Hall–Kier alpha value is -0.575. The molecule has 3 nitrogen and oxygen atoms in total. The maximum absolute atomic E-state index is 8.77. The van der Waals surface area contributed by atoms with Crippen molar-refractivity contribution in [1.82, 2.24) is 4.98 Å². The van der Waals surface area contributed by atoms with Gasteiger partial charge in [-0.15, -0.1) is 0 Å². The third-order valence-corrected chi connectivity index (χ3v) is 1.90. The van der Waals surface area contributed by atoms with Crippen LogP contribution in [-0.2, 0) is 6.42 Å². The Morgan fingerprint density at radius 1 is 1.58 bits per heavy atom. The highest BCUT2D eigenvalue weighted by Crippen LogP contribution is 2.11. The zero-order chi connectivity index (χ0) is 9.14. The molecule has 5 heteroatoms. The minimum absolute atomic E-state index is 0.317. The SMILES string of the molecule is CCc1ncc(B(O)O)cc1Cl. The first-order chi connectivity index (χ1) is 5.65.